The van der Waals surface area contributed by atoms with Gasteiger partial charge in [-0.25, -0.2) is 0 Å². The van der Waals surface area contributed by atoms with Gasteiger partial charge in [0.25, 0.3) is 5.91 Å². The molecule has 0 spiro atoms. The molecule has 2 aromatic rings. The standard InChI is InChI=1S/C19H19NO3/c1-3-16(19(22)23-2)13-8-10-15(11-9-13)20-12-14-6-4-5-7-17(14)18(20)21/h4-11,16H,3,12H2,1-2H3. The fourth-order valence-corrected chi connectivity index (χ4v) is 3.03. The van der Waals surface area contributed by atoms with E-state index in [-0.39, 0.29) is 17.8 Å². The fraction of sp³-hybridized carbons (Fsp3) is 0.263. The van der Waals surface area contributed by atoms with Crippen LogP contribution >= 0.6 is 0 Å². The second-order valence-corrected chi connectivity index (χ2v) is 5.62. The van der Waals surface area contributed by atoms with Gasteiger partial charge in [0.1, 0.15) is 0 Å². The number of hydrogen-bond donors (Lipinski definition) is 0. The van der Waals surface area contributed by atoms with Gasteiger partial charge in [-0.3, -0.25) is 9.59 Å². The predicted molar refractivity (Wildman–Crippen MR) is 88.4 cm³/mol. The van der Waals surface area contributed by atoms with Gasteiger partial charge in [0, 0.05) is 11.3 Å². The molecule has 0 radical (unpaired) electrons. The number of ether oxygens (including phenoxy) is 1. The molecule has 4 heteroatoms. The maximum absolute atomic E-state index is 12.5. The van der Waals surface area contributed by atoms with Crippen molar-refractivity contribution in [3.05, 3.63) is 65.2 Å². The summed E-state index contributed by atoms with van der Waals surface area (Å²) >= 11 is 0. The number of fused-ring (bicyclic) bond motifs is 1. The summed E-state index contributed by atoms with van der Waals surface area (Å²) in [5.74, 6) is -0.473. The molecule has 1 heterocycles. The Hall–Kier alpha value is -2.62. The summed E-state index contributed by atoms with van der Waals surface area (Å²) in [5.41, 5.74) is 3.56. The lowest BCUT2D eigenvalue weighted by Crippen LogP contribution is -2.23. The van der Waals surface area contributed by atoms with E-state index >= 15 is 0 Å². The Morgan fingerprint density at radius 2 is 1.87 bits per heavy atom. The molecule has 3 rings (SSSR count). The van der Waals surface area contributed by atoms with Crippen LogP contribution in [0.15, 0.2) is 48.5 Å². The van der Waals surface area contributed by atoms with E-state index in [1.54, 1.807) is 4.90 Å². The lowest BCUT2D eigenvalue weighted by atomic mass is 9.96. The molecule has 0 saturated carbocycles. The molecule has 1 atom stereocenters. The minimum atomic E-state index is -0.263. The van der Waals surface area contributed by atoms with Crippen molar-refractivity contribution in [2.45, 2.75) is 25.8 Å². The van der Waals surface area contributed by atoms with Crippen molar-refractivity contribution in [3.8, 4) is 0 Å². The number of benzene rings is 2. The highest BCUT2D eigenvalue weighted by Gasteiger charge is 2.28. The highest BCUT2D eigenvalue weighted by molar-refractivity contribution is 6.09. The molecule has 0 aromatic heterocycles. The summed E-state index contributed by atoms with van der Waals surface area (Å²) in [5, 5.41) is 0. The Bertz CT molecular complexity index is 737. The number of anilines is 1. The number of carbonyl (C=O) groups excluding carboxylic acids is 2. The summed E-state index contributed by atoms with van der Waals surface area (Å²) in [4.78, 5) is 26.0. The molecular weight excluding hydrogens is 290 g/mol. The number of methoxy groups -OCH3 is 1. The Morgan fingerprint density at radius 3 is 2.48 bits per heavy atom. The number of amides is 1. The molecule has 0 fully saturated rings. The normalized spacial score (nSPS) is 14.5. The van der Waals surface area contributed by atoms with E-state index in [0.717, 1.165) is 22.4 Å². The predicted octanol–water partition coefficient (Wildman–Crippen LogP) is 3.51. The molecule has 1 unspecified atom stereocenters. The van der Waals surface area contributed by atoms with Crippen molar-refractivity contribution in [1.29, 1.82) is 0 Å². The molecule has 1 aliphatic heterocycles. The van der Waals surface area contributed by atoms with Crippen LogP contribution < -0.4 is 4.90 Å². The summed E-state index contributed by atoms with van der Waals surface area (Å²) < 4.78 is 4.84. The van der Waals surface area contributed by atoms with E-state index in [1.807, 2.05) is 55.5 Å². The maximum Gasteiger partial charge on any atom is 0.313 e. The summed E-state index contributed by atoms with van der Waals surface area (Å²) in [6, 6.07) is 15.2. The fourth-order valence-electron chi connectivity index (χ4n) is 3.03. The zero-order valence-corrected chi connectivity index (χ0v) is 13.3. The van der Waals surface area contributed by atoms with Crippen LogP contribution in [0.5, 0.6) is 0 Å². The Labute approximate surface area is 135 Å². The van der Waals surface area contributed by atoms with E-state index in [9.17, 15) is 9.59 Å². The molecule has 0 saturated heterocycles. The smallest absolute Gasteiger partial charge is 0.313 e. The highest BCUT2D eigenvalue weighted by atomic mass is 16.5. The monoisotopic (exact) mass is 309 g/mol. The van der Waals surface area contributed by atoms with Gasteiger partial charge in [-0.1, -0.05) is 37.3 Å². The van der Waals surface area contributed by atoms with Crippen molar-refractivity contribution in [2.24, 2.45) is 0 Å². The van der Waals surface area contributed by atoms with Crippen LogP contribution in [0, 0.1) is 0 Å². The summed E-state index contributed by atoms with van der Waals surface area (Å²) in [6.45, 7) is 2.54. The first kappa shape index (κ1) is 15.3. The molecular formula is C19H19NO3. The lowest BCUT2D eigenvalue weighted by molar-refractivity contribution is -0.142. The largest absolute Gasteiger partial charge is 0.469 e. The van der Waals surface area contributed by atoms with Crippen molar-refractivity contribution in [3.63, 3.8) is 0 Å². The van der Waals surface area contributed by atoms with Crippen molar-refractivity contribution in [2.75, 3.05) is 12.0 Å². The third-order valence-corrected chi connectivity index (χ3v) is 4.32. The molecule has 23 heavy (non-hydrogen) atoms. The van der Waals surface area contributed by atoms with Gasteiger partial charge in [0.05, 0.1) is 19.6 Å². The average molecular weight is 309 g/mol. The molecule has 0 aliphatic carbocycles. The SMILES string of the molecule is CCC(C(=O)OC)c1ccc(N2Cc3ccccc3C2=O)cc1. The van der Waals surface area contributed by atoms with Crippen LogP contribution in [0.2, 0.25) is 0 Å². The van der Waals surface area contributed by atoms with E-state index < -0.39 is 0 Å². The first-order valence-corrected chi connectivity index (χ1v) is 7.73. The number of esters is 1. The Morgan fingerprint density at radius 1 is 1.17 bits per heavy atom. The second kappa shape index (κ2) is 6.24. The van der Waals surface area contributed by atoms with Gasteiger partial charge >= 0.3 is 5.97 Å². The topological polar surface area (TPSA) is 46.6 Å². The van der Waals surface area contributed by atoms with Crippen LogP contribution in [0.1, 0.15) is 40.7 Å². The van der Waals surface area contributed by atoms with Gasteiger partial charge in [-0.15, -0.1) is 0 Å². The molecule has 2 aromatic carbocycles. The first-order valence-electron chi connectivity index (χ1n) is 7.73. The lowest BCUT2D eigenvalue weighted by Gasteiger charge is -2.18. The Balaban J connectivity index is 1.84. The number of nitrogens with zero attached hydrogens (tertiary/aromatic N) is 1. The number of rotatable bonds is 4. The summed E-state index contributed by atoms with van der Waals surface area (Å²) in [6.07, 6.45) is 0.681. The van der Waals surface area contributed by atoms with Gasteiger partial charge in [0.15, 0.2) is 0 Å². The molecule has 0 N–H and O–H groups in total. The van der Waals surface area contributed by atoms with E-state index in [1.165, 1.54) is 7.11 Å². The molecule has 1 amide bonds. The number of carbonyl (C=O) groups is 2. The van der Waals surface area contributed by atoms with Crippen molar-refractivity contribution >= 4 is 17.6 Å². The zero-order chi connectivity index (χ0) is 16.4. The van der Waals surface area contributed by atoms with Crippen molar-refractivity contribution in [1.82, 2.24) is 0 Å². The number of hydrogen-bond acceptors (Lipinski definition) is 3. The summed E-state index contributed by atoms with van der Waals surface area (Å²) in [7, 11) is 1.40. The van der Waals surface area contributed by atoms with E-state index in [2.05, 4.69) is 0 Å². The van der Waals surface area contributed by atoms with Crippen LogP contribution in [0.3, 0.4) is 0 Å². The molecule has 1 aliphatic rings. The van der Waals surface area contributed by atoms with Crippen LogP contribution in [0.4, 0.5) is 5.69 Å². The maximum atomic E-state index is 12.5. The third kappa shape index (κ3) is 2.72. The van der Waals surface area contributed by atoms with E-state index in [0.29, 0.717) is 13.0 Å². The van der Waals surface area contributed by atoms with Crippen LogP contribution in [-0.2, 0) is 16.1 Å². The minimum absolute atomic E-state index is 0.0216. The molecule has 0 bridgehead atoms. The Kier molecular flexibility index (Phi) is 4.15. The van der Waals surface area contributed by atoms with Gasteiger partial charge in [-0.2, -0.15) is 0 Å². The van der Waals surface area contributed by atoms with Gasteiger partial charge in [-0.05, 0) is 35.7 Å². The van der Waals surface area contributed by atoms with Gasteiger partial charge in [0.2, 0.25) is 0 Å². The molecule has 118 valence electrons. The zero-order valence-electron chi connectivity index (χ0n) is 13.3. The molecule has 4 nitrogen and oxygen atoms in total. The minimum Gasteiger partial charge on any atom is -0.469 e. The third-order valence-electron chi connectivity index (χ3n) is 4.32. The van der Waals surface area contributed by atoms with Crippen molar-refractivity contribution < 1.29 is 14.3 Å². The van der Waals surface area contributed by atoms with Crippen LogP contribution in [-0.4, -0.2) is 19.0 Å². The quantitative estimate of drug-likeness (QED) is 0.812. The first-order chi connectivity index (χ1) is 11.2. The van der Waals surface area contributed by atoms with Gasteiger partial charge < -0.3 is 9.64 Å². The van der Waals surface area contributed by atoms with Crippen LogP contribution in [0.25, 0.3) is 0 Å². The highest BCUT2D eigenvalue weighted by Crippen LogP contribution is 2.30. The van der Waals surface area contributed by atoms with E-state index in [4.69, 9.17) is 4.74 Å². The average Bonchev–Trinajstić information content (AvgIpc) is 2.93. The second-order valence-electron chi connectivity index (χ2n) is 5.62.